The summed E-state index contributed by atoms with van der Waals surface area (Å²) in [6, 6.07) is 11.2. The van der Waals surface area contributed by atoms with Crippen molar-refractivity contribution in [2.24, 2.45) is 0 Å². The van der Waals surface area contributed by atoms with E-state index in [0.29, 0.717) is 11.5 Å². The number of halogens is 3. The summed E-state index contributed by atoms with van der Waals surface area (Å²) >= 11 is 0. The third-order valence-corrected chi connectivity index (χ3v) is 3.35. The molecule has 0 aliphatic heterocycles. The molecule has 0 aromatic heterocycles. The molecule has 2 rings (SSSR count). The standard InChI is InChI=1S/C18H18F3NO5/c1-25-14-6-8-15(9-7-14)26-11-13(23)10-22-17(24)12-2-4-16(5-3-12)27-18(19,20)21/h2-9,13,23H,10-11H2,1H3,(H,22,24)/t13-/m1/s1. The van der Waals surface area contributed by atoms with Crippen LogP contribution in [0.4, 0.5) is 13.2 Å². The normalized spacial score (nSPS) is 12.2. The number of aliphatic hydroxyl groups excluding tert-OH is 1. The molecule has 27 heavy (non-hydrogen) atoms. The lowest BCUT2D eigenvalue weighted by Gasteiger charge is -2.14. The van der Waals surface area contributed by atoms with E-state index < -0.39 is 24.1 Å². The molecule has 0 heterocycles. The van der Waals surface area contributed by atoms with Crippen LogP contribution in [0.3, 0.4) is 0 Å². The average molecular weight is 385 g/mol. The molecule has 0 fully saturated rings. The Morgan fingerprint density at radius 3 is 2.15 bits per heavy atom. The Morgan fingerprint density at radius 2 is 1.59 bits per heavy atom. The van der Waals surface area contributed by atoms with Crippen LogP contribution < -0.4 is 19.5 Å². The van der Waals surface area contributed by atoms with Gasteiger partial charge in [-0.3, -0.25) is 4.79 Å². The first-order chi connectivity index (χ1) is 12.8. The van der Waals surface area contributed by atoms with E-state index in [-0.39, 0.29) is 18.7 Å². The lowest BCUT2D eigenvalue weighted by atomic mass is 10.2. The van der Waals surface area contributed by atoms with E-state index in [1.165, 1.54) is 12.1 Å². The SMILES string of the molecule is COc1ccc(OC[C@H](O)CNC(=O)c2ccc(OC(F)(F)F)cc2)cc1. The molecule has 9 heteroatoms. The first kappa shape index (κ1) is 20.4. The molecule has 0 saturated carbocycles. The fourth-order valence-corrected chi connectivity index (χ4v) is 2.04. The van der Waals surface area contributed by atoms with E-state index in [0.717, 1.165) is 12.1 Å². The van der Waals surface area contributed by atoms with Crippen LogP contribution in [0.15, 0.2) is 48.5 Å². The van der Waals surface area contributed by atoms with Crippen molar-refractivity contribution in [3.63, 3.8) is 0 Å². The van der Waals surface area contributed by atoms with Gasteiger partial charge in [-0.2, -0.15) is 0 Å². The van der Waals surface area contributed by atoms with E-state index in [1.54, 1.807) is 31.4 Å². The Kier molecular flexibility index (Phi) is 6.89. The molecule has 0 saturated heterocycles. The molecular formula is C18H18F3NO5. The minimum absolute atomic E-state index is 0.0506. The van der Waals surface area contributed by atoms with Crippen LogP contribution in [0, 0.1) is 0 Å². The molecule has 0 unspecified atom stereocenters. The van der Waals surface area contributed by atoms with Gasteiger partial charge in [0.15, 0.2) is 0 Å². The molecule has 2 aromatic rings. The summed E-state index contributed by atoms with van der Waals surface area (Å²) in [6.45, 7) is -0.138. The van der Waals surface area contributed by atoms with Crippen LogP contribution in [-0.2, 0) is 0 Å². The Hall–Kier alpha value is -2.94. The first-order valence-corrected chi connectivity index (χ1v) is 7.86. The summed E-state index contributed by atoms with van der Waals surface area (Å²) < 4.78 is 50.4. The highest BCUT2D eigenvalue weighted by Crippen LogP contribution is 2.22. The lowest BCUT2D eigenvalue weighted by Crippen LogP contribution is -2.35. The van der Waals surface area contributed by atoms with E-state index >= 15 is 0 Å². The zero-order valence-electron chi connectivity index (χ0n) is 14.3. The number of benzene rings is 2. The van der Waals surface area contributed by atoms with Gasteiger partial charge in [-0.1, -0.05) is 0 Å². The third-order valence-electron chi connectivity index (χ3n) is 3.35. The minimum Gasteiger partial charge on any atom is -0.497 e. The van der Waals surface area contributed by atoms with E-state index in [2.05, 4.69) is 10.1 Å². The van der Waals surface area contributed by atoms with Gasteiger partial charge in [-0.05, 0) is 48.5 Å². The highest BCUT2D eigenvalue weighted by molar-refractivity contribution is 5.94. The summed E-state index contributed by atoms with van der Waals surface area (Å²) in [5, 5.41) is 12.3. The number of alkyl halides is 3. The fraction of sp³-hybridized carbons (Fsp3) is 0.278. The molecule has 1 atom stereocenters. The number of hydrogen-bond acceptors (Lipinski definition) is 5. The zero-order valence-corrected chi connectivity index (χ0v) is 14.3. The van der Waals surface area contributed by atoms with Crippen molar-refractivity contribution in [3.05, 3.63) is 54.1 Å². The molecule has 0 radical (unpaired) electrons. The maximum atomic E-state index is 12.1. The van der Waals surface area contributed by atoms with E-state index in [9.17, 15) is 23.1 Å². The summed E-state index contributed by atoms with van der Waals surface area (Å²) in [7, 11) is 1.54. The van der Waals surface area contributed by atoms with Crippen molar-refractivity contribution >= 4 is 5.91 Å². The number of carbonyl (C=O) groups excluding carboxylic acids is 1. The van der Waals surface area contributed by atoms with Crippen molar-refractivity contribution < 1.29 is 37.3 Å². The Balaban J connectivity index is 1.76. The smallest absolute Gasteiger partial charge is 0.497 e. The molecule has 2 aromatic carbocycles. The lowest BCUT2D eigenvalue weighted by molar-refractivity contribution is -0.274. The first-order valence-electron chi connectivity index (χ1n) is 7.86. The van der Waals surface area contributed by atoms with Crippen LogP contribution in [0.1, 0.15) is 10.4 Å². The van der Waals surface area contributed by atoms with Crippen LogP contribution in [0.25, 0.3) is 0 Å². The van der Waals surface area contributed by atoms with E-state index in [4.69, 9.17) is 9.47 Å². The number of hydrogen-bond donors (Lipinski definition) is 2. The molecule has 2 N–H and O–H groups in total. The van der Waals surface area contributed by atoms with Crippen molar-refractivity contribution in [3.8, 4) is 17.2 Å². The third kappa shape index (κ3) is 7.06. The quantitative estimate of drug-likeness (QED) is 0.731. The predicted molar refractivity (Wildman–Crippen MR) is 90.0 cm³/mol. The Labute approximate surface area is 153 Å². The van der Waals surface area contributed by atoms with E-state index in [1.807, 2.05) is 0 Å². The molecule has 0 spiro atoms. The van der Waals surface area contributed by atoms with Gasteiger partial charge < -0.3 is 24.6 Å². The highest BCUT2D eigenvalue weighted by Gasteiger charge is 2.31. The maximum Gasteiger partial charge on any atom is 0.573 e. The van der Waals surface area contributed by atoms with Gasteiger partial charge in [0.25, 0.3) is 5.91 Å². The number of amides is 1. The van der Waals surface area contributed by atoms with Crippen LogP contribution in [-0.4, -0.2) is 43.7 Å². The van der Waals surface area contributed by atoms with Crippen LogP contribution in [0.2, 0.25) is 0 Å². The topological polar surface area (TPSA) is 77.0 Å². The fourth-order valence-electron chi connectivity index (χ4n) is 2.04. The molecule has 146 valence electrons. The van der Waals surface area contributed by atoms with Crippen LogP contribution in [0.5, 0.6) is 17.2 Å². The highest BCUT2D eigenvalue weighted by atomic mass is 19.4. The van der Waals surface area contributed by atoms with Gasteiger partial charge in [0, 0.05) is 12.1 Å². The number of carbonyl (C=O) groups is 1. The summed E-state index contributed by atoms with van der Waals surface area (Å²) in [5.74, 6) is 0.229. The minimum atomic E-state index is -4.79. The van der Waals surface area contributed by atoms with Crippen LogP contribution >= 0.6 is 0 Å². The van der Waals surface area contributed by atoms with Gasteiger partial charge in [-0.25, -0.2) is 0 Å². The molecule has 0 bridgehead atoms. The largest absolute Gasteiger partial charge is 0.573 e. The average Bonchev–Trinajstić information content (AvgIpc) is 2.64. The van der Waals surface area contributed by atoms with Crippen molar-refractivity contribution in [2.45, 2.75) is 12.5 Å². The molecular weight excluding hydrogens is 367 g/mol. The molecule has 6 nitrogen and oxygen atoms in total. The van der Waals surface area contributed by atoms with Crippen molar-refractivity contribution in [1.82, 2.24) is 5.32 Å². The zero-order chi connectivity index (χ0) is 19.9. The second-order valence-corrected chi connectivity index (χ2v) is 5.42. The monoisotopic (exact) mass is 385 g/mol. The number of nitrogens with one attached hydrogen (secondary N) is 1. The van der Waals surface area contributed by atoms with Gasteiger partial charge in [0.1, 0.15) is 30.0 Å². The van der Waals surface area contributed by atoms with Gasteiger partial charge in [-0.15, -0.1) is 13.2 Å². The number of methoxy groups -OCH3 is 1. The van der Waals surface area contributed by atoms with Crippen molar-refractivity contribution in [2.75, 3.05) is 20.3 Å². The predicted octanol–water partition coefficient (Wildman–Crippen LogP) is 2.76. The Morgan fingerprint density at radius 1 is 1.04 bits per heavy atom. The number of ether oxygens (including phenoxy) is 3. The van der Waals surface area contributed by atoms with Gasteiger partial charge in [0.05, 0.1) is 7.11 Å². The van der Waals surface area contributed by atoms with Crippen molar-refractivity contribution in [1.29, 1.82) is 0 Å². The maximum absolute atomic E-state index is 12.1. The summed E-state index contributed by atoms with van der Waals surface area (Å²) in [6.07, 6.45) is -5.76. The molecule has 0 aliphatic carbocycles. The molecule has 1 amide bonds. The number of rotatable bonds is 8. The second-order valence-electron chi connectivity index (χ2n) is 5.42. The second kappa shape index (κ2) is 9.13. The summed E-state index contributed by atoms with van der Waals surface area (Å²) in [5.41, 5.74) is 0.132. The van der Waals surface area contributed by atoms with Gasteiger partial charge >= 0.3 is 6.36 Å². The molecule has 0 aliphatic rings. The Bertz CT molecular complexity index is 732. The summed E-state index contributed by atoms with van der Waals surface area (Å²) in [4.78, 5) is 12.0. The number of aliphatic hydroxyl groups is 1. The van der Waals surface area contributed by atoms with Gasteiger partial charge in [0.2, 0.25) is 0 Å².